The molecule has 0 spiro atoms. The van der Waals surface area contributed by atoms with Gasteiger partial charge in [-0.25, -0.2) is 9.48 Å². The summed E-state index contributed by atoms with van der Waals surface area (Å²) >= 11 is 1.72. The number of carbonyl (C=O) groups is 1. The zero-order chi connectivity index (χ0) is 14.8. The van der Waals surface area contributed by atoms with E-state index in [1.165, 1.54) is 4.68 Å². The van der Waals surface area contributed by atoms with Crippen LogP contribution in [0.15, 0.2) is 36.4 Å². The summed E-state index contributed by atoms with van der Waals surface area (Å²) in [6.45, 7) is 1.87. The minimum Gasteiger partial charge on any atom is -0.456 e. The predicted octanol–water partition coefficient (Wildman–Crippen LogP) is 2.90. The van der Waals surface area contributed by atoms with Gasteiger partial charge in [0.25, 0.3) is 0 Å². The highest BCUT2D eigenvalue weighted by molar-refractivity contribution is 8.00. The van der Waals surface area contributed by atoms with Crippen LogP contribution in [0.5, 0.6) is 0 Å². The van der Waals surface area contributed by atoms with E-state index in [0.29, 0.717) is 0 Å². The quantitative estimate of drug-likeness (QED) is 0.815. The van der Waals surface area contributed by atoms with Crippen LogP contribution in [0.4, 0.5) is 4.39 Å². The summed E-state index contributed by atoms with van der Waals surface area (Å²) in [5, 5.41) is 3.80. The van der Waals surface area contributed by atoms with Crippen molar-refractivity contribution in [3.8, 4) is 0 Å². The maximum absolute atomic E-state index is 13.5. The summed E-state index contributed by atoms with van der Waals surface area (Å²) in [5.41, 5.74) is 1.11. The number of nitrogens with zero attached hydrogens (tertiary/aromatic N) is 2. The van der Waals surface area contributed by atoms with Crippen LogP contribution in [0.1, 0.15) is 29.0 Å². The first kappa shape index (κ1) is 14.1. The molecule has 1 aliphatic heterocycles. The Balaban J connectivity index is 1.86. The zero-order valence-corrected chi connectivity index (χ0v) is 12.3. The van der Waals surface area contributed by atoms with Crippen molar-refractivity contribution in [2.75, 3.05) is 11.5 Å². The molecule has 6 heteroatoms. The van der Waals surface area contributed by atoms with Crippen LogP contribution in [0.25, 0.3) is 0 Å². The van der Waals surface area contributed by atoms with Crippen molar-refractivity contribution in [2.45, 2.75) is 19.1 Å². The molecule has 1 fully saturated rings. The normalized spacial score (nSPS) is 16.3. The molecule has 1 aromatic heterocycles. The Kier molecular flexibility index (Phi) is 3.96. The fraction of sp³-hybridized carbons (Fsp3) is 0.333. The lowest BCUT2D eigenvalue weighted by molar-refractivity contribution is 0.0359. The molecule has 110 valence electrons. The molecule has 1 aromatic carbocycles. The van der Waals surface area contributed by atoms with Crippen molar-refractivity contribution in [3.05, 3.63) is 53.6 Å². The maximum atomic E-state index is 13.5. The molecule has 0 aliphatic carbocycles. The molecule has 2 aromatic rings. The van der Waals surface area contributed by atoms with Crippen LogP contribution in [0, 0.1) is 5.95 Å². The van der Waals surface area contributed by atoms with Crippen molar-refractivity contribution in [3.63, 3.8) is 0 Å². The average Bonchev–Trinajstić information content (AvgIpc) is 2.85. The van der Waals surface area contributed by atoms with Gasteiger partial charge in [0.2, 0.25) is 5.95 Å². The van der Waals surface area contributed by atoms with Gasteiger partial charge < -0.3 is 4.74 Å². The Labute approximate surface area is 126 Å². The summed E-state index contributed by atoms with van der Waals surface area (Å²) in [6, 6.07) is 10.4. The number of ether oxygens (including phenoxy) is 1. The molecule has 0 saturated carbocycles. The molecule has 4 nitrogen and oxygen atoms in total. The van der Waals surface area contributed by atoms with Gasteiger partial charge in [-0.05, 0) is 12.5 Å². The molecule has 0 amide bonds. The predicted molar refractivity (Wildman–Crippen MR) is 79.0 cm³/mol. The van der Waals surface area contributed by atoms with E-state index in [-0.39, 0.29) is 17.8 Å². The number of thioether (sulfide) groups is 1. The van der Waals surface area contributed by atoms with Crippen molar-refractivity contribution in [1.82, 2.24) is 9.78 Å². The molecule has 0 unspecified atom stereocenters. The Morgan fingerprint density at radius 1 is 1.43 bits per heavy atom. The highest BCUT2D eigenvalue weighted by atomic mass is 32.2. The van der Waals surface area contributed by atoms with Crippen molar-refractivity contribution in [1.29, 1.82) is 0 Å². The van der Waals surface area contributed by atoms with E-state index in [0.717, 1.165) is 23.1 Å². The highest BCUT2D eigenvalue weighted by Gasteiger charge is 2.27. The summed E-state index contributed by atoms with van der Waals surface area (Å²) in [5.74, 6) is 0.417. The Hall–Kier alpha value is -1.82. The van der Waals surface area contributed by atoms with Crippen LogP contribution < -0.4 is 0 Å². The molecule has 0 N–H and O–H groups in total. The lowest BCUT2D eigenvalue weighted by Crippen LogP contribution is -2.31. The van der Waals surface area contributed by atoms with E-state index < -0.39 is 11.9 Å². The number of aromatic nitrogens is 2. The number of hydrogen-bond donors (Lipinski definition) is 0. The third-order valence-corrected chi connectivity index (χ3v) is 4.66. The van der Waals surface area contributed by atoms with Crippen LogP contribution in [0.2, 0.25) is 0 Å². The van der Waals surface area contributed by atoms with Crippen LogP contribution in [0.3, 0.4) is 0 Å². The molecular weight excluding hydrogens is 291 g/mol. The molecule has 2 heterocycles. The Bertz CT molecular complexity index is 640. The minimum absolute atomic E-state index is 0.0686. The van der Waals surface area contributed by atoms with E-state index in [1.807, 2.05) is 37.3 Å². The molecule has 1 atom stereocenters. The van der Waals surface area contributed by atoms with Gasteiger partial charge in [-0.1, -0.05) is 30.3 Å². The van der Waals surface area contributed by atoms with Crippen LogP contribution >= 0.6 is 11.8 Å². The molecule has 1 saturated heterocycles. The Morgan fingerprint density at radius 3 is 2.76 bits per heavy atom. The molecule has 0 radical (unpaired) electrons. The number of benzene rings is 1. The SMILES string of the molecule is C[C@H](c1ccccc1)n1nc(F)cc1C(=O)OC1CSC1. The fourth-order valence-corrected chi connectivity index (χ4v) is 2.74. The lowest BCUT2D eigenvalue weighted by atomic mass is 10.1. The third-order valence-electron chi connectivity index (χ3n) is 3.45. The van der Waals surface area contributed by atoms with Crippen molar-refractivity contribution >= 4 is 17.7 Å². The van der Waals surface area contributed by atoms with E-state index in [2.05, 4.69) is 5.10 Å². The number of hydrogen-bond acceptors (Lipinski definition) is 4. The smallest absolute Gasteiger partial charge is 0.357 e. The highest BCUT2D eigenvalue weighted by Crippen LogP contribution is 2.24. The second-order valence-electron chi connectivity index (χ2n) is 4.95. The van der Waals surface area contributed by atoms with Gasteiger partial charge in [-0.2, -0.15) is 16.2 Å². The first-order valence-electron chi connectivity index (χ1n) is 6.74. The van der Waals surface area contributed by atoms with Gasteiger partial charge in [0.05, 0.1) is 6.04 Å². The molecule has 1 aliphatic rings. The van der Waals surface area contributed by atoms with Gasteiger partial charge in [0.15, 0.2) is 0 Å². The standard InChI is InChI=1S/C15H15FN2O2S/c1-10(11-5-3-2-4-6-11)18-13(7-14(16)17-18)15(19)20-12-8-21-9-12/h2-7,10,12H,8-9H2,1H3/t10-/m1/s1. The number of esters is 1. The van der Waals surface area contributed by atoms with Gasteiger partial charge in [-0.3, -0.25) is 0 Å². The van der Waals surface area contributed by atoms with Gasteiger partial charge in [-0.15, -0.1) is 5.10 Å². The largest absolute Gasteiger partial charge is 0.456 e. The zero-order valence-electron chi connectivity index (χ0n) is 11.5. The Morgan fingerprint density at radius 2 is 2.14 bits per heavy atom. The van der Waals surface area contributed by atoms with Gasteiger partial charge in [0.1, 0.15) is 11.8 Å². The topological polar surface area (TPSA) is 44.1 Å². The molecule has 21 heavy (non-hydrogen) atoms. The summed E-state index contributed by atoms with van der Waals surface area (Å²) in [6.07, 6.45) is -0.0686. The molecule has 3 rings (SSSR count). The second-order valence-corrected chi connectivity index (χ2v) is 6.02. The maximum Gasteiger partial charge on any atom is 0.357 e. The van der Waals surface area contributed by atoms with Crippen LogP contribution in [-0.4, -0.2) is 33.4 Å². The molecular formula is C15H15FN2O2S. The number of rotatable bonds is 4. The second kappa shape index (κ2) is 5.89. The van der Waals surface area contributed by atoms with E-state index in [9.17, 15) is 9.18 Å². The number of carbonyl (C=O) groups excluding carboxylic acids is 1. The lowest BCUT2D eigenvalue weighted by Gasteiger charge is -2.25. The van der Waals surface area contributed by atoms with Crippen molar-refractivity contribution in [2.24, 2.45) is 0 Å². The minimum atomic E-state index is -0.673. The summed E-state index contributed by atoms with van der Waals surface area (Å²) in [4.78, 5) is 12.2. The molecule has 0 bridgehead atoms. The fourth-order valence-electron chi connectivity index (χ4n) is 2.18. The van der Waals surface area contributed by atoms with E-state index >= 15 is 0 Å². The van der Waals surface area contributed by atoms with E-state index in [4.69, 9.17) is 4.74 Å². The summed E-state index contributed by atoms with van der Waals surface area (Å²) in [7, 11) is 0. The van der Waals surface area contributed by atoms with Crippen LogP contribution in [-0.2, 0) is 4.74 Å². The van der Waals surface area contributed by atoms with Gasteiger partial charge in [0, 0.05) is 17.6 Å². The third kappa shape index (κ3) is 2.95. The average molecular weight is 306 g/mol. The van der Waals surface area contributed by atoms with Gasteiger partial charge >= 0.3 is 5.97 Å². The first-order valence-corrected chi connectivity index (χ1v) is 7.89. The number of halogens is 1. The van der Waals surface area contributed by atoms with E-state index in [1.54, 1.807) is 11.8 Å². The van der Waals surface area contributed by atoms with Crippen molar-refractivity contribution < 1.29 is 13.9 Å². The monoisotopic (exact) mass is 306 g/mol. The summed E-state index contributed by atoms with van der Waals surface area (Å²) < 4.78 is 20.2. The first-order chi connectivity index (χ1) is 10.1.